The minimum Gasteiger partial charge on any atom is -0.337 e. The summed E-state index contributed by atoms with van der Waals surface area (Å²) >= 11 is 1.43. The molecule has 2 unspecified atom stereocenters. The molecular formula is C22H28N2O3S2. The highest BCUT2D eigenvalue weighted by atomic mass is 32.2. The number of rotatable bonds is 5. The molecule has 29 heavy (non-hydrogen) atoms. The summed E-state index contributed by atoms with van der Waals surface area (Å²) in [6, 6.07) is 11.2. The minimum absolute atomic E-state index is 0.00385. The van der Waals surface area contributed by atoms with Crippen molar-refractivity contribution in [2.24, 2.45) is 5.92 Å². The van der Waals surface area contributed by atoms with Crippen molar-refractivity contribution in [2.45, 2.75) is 44.1 Å². The standard InChI is InChI=1S/C22H28N2O3S2/c1-22(2,3)29(27)15-16-7-4-9-18(13-16)23-20(25)17-8-5-11-24(14-17)21(26)19-10-6-12-28-19/h4,6-7,9-10,12-13,17H,5,8,11,14-15H2,1-3H3,(H,23,25). The lowest BCUT2D eigenvalue weighted by Gasteiger charge is -2.31. The third-order valence-corrected chi connectivity index (χ3v) is 7.81. The van der Waals surface area contributed by atoms with Gasteiger partial charge in [-0.25, -0.2) is 0 Å². The van der Waals surface area contributed by atoms with E-state index in [1.54, 1.807) is 4.90 Å². The number of hydrogen-bond donors (Lipinski definition) is 1. The van der Waals surface area contributed by atoms with Crippen molar-refractivity contribution in [3.8, 4) is 0 Å². The molecule has 1 saturated heterocycles. The molecule has 1 aromatic carbocycles. The Balaban J connectivity index is 1.62. The van der Waals surface area contributed by atoms with Crippen LogP contribution in [0.25, 0.3) is 0 Å². The third-order valence-electron chi connectivity index (χ3n) is 4.99. The molecule has 2 amide bonds. The quantitative estimate of drug-likeness (QED) is 0.767. The maximum atomic E-state index is 12.8. The Bertz CT molecular complexity index is 888. The van der Waals surface area contributed by atoms with Gasteiger partial charge in [0, 0.05) is 40.1 Å². The van der Waals surface area contributed by atoms with Crippen LogP contribution in [-0.2, 0) is 21.3 Å². The second-order valence-corrected chi connectivity index (χ2v) is 11.5. The first kappa shape index (κ1) is 21.7. The average molecular weight is 433 g/mol. The number of carbonyl (C=O) groups excluding carboxylic acids is 2. The zero-order valence-electron chi connectivity index (χ0n) is 17.1. The Morgan fingerprint density at radius 1 is 1.24 bits per heavy atom. The number of anilines is 1. The molecule has 2 aromatic rings. The predicted molar refractivity (Wildman–Crippen MR) is 120 cm³/mol. The van der Waals surface area contributed by atoms with Crippen molar-refractivity contribution in [3.63, 3.8) is 0 Å². The van der Waals surface area contributed by atoms with E-state index in [-0.39, 0.29) is 22.5 Å². The highest BCUT2D eigenvalue weighted by Gasteiger charge is 2.29. The van der Waals surface area contributed by atoms with Gasteiger partial charge in [0.05, 0.1) is 10.8 Å². The maximum Gasteiger partial charge on any atom is 0.263 e. The number of nitrogens with one attached hydrogen (secondary N) is 1. The molecule has 1 aromatic heterocycles. The first-order valence-electron chi connectivity index (χ1n) is 9.85. The molecule has 1 aliphatic rings. The smallest absolute Gasteiger partial charge is 0.263 e. The highest BCUT2D eigenvalue weighted by molar-refractivity contribution is 7.85. The van der Waals surface area contributed by atoms with Gasteiger partial charge in [0.15, 0.2) is 0 Å². The topological polar surface area (TPSA) is 66.5 Å². The number of thiophene rings is 1. The zero-order chi connectivity index (χ0) is 21.0. The second-order valence-electron chi connectivity index (χ2n) is 8.36. The number of piperidine rings is 1. The minimum atomic E-state index is -0.994. The van der Waals surface area contributed by atoms with Gasteiger partial charge in [-0.05, 0) is 62.8 Å². The number of nitrogens with zero attached hydrogens (tertiary/aromatic N) is 1. The van der Waals surface area contributed by atoms with E-state index < -0.39 is 10.8 Å². The molecule has 1 N–H and O–H groups in total. The molecule has 1 fully saturated rings. The van der Waals surface area contributed by atoms with Gasteiger partial charge in [-0.15, -0.1) is 11.3 Å². The summed E-state index contributed by atoms with van der Waals surface area (Å²) < 4.78 is 12.1. The monoisotopic (exact) mass is 432 g/mol. The Morgan fingerprint density at radius 2 is 2.03 bits per heavy atom. The van der Waals surface area contributed by atoms with Crippen molar-refractivity contribution in [1.29, 1.82) is 0 Å². The molecule has 0 aliphatic carbocycles. The SMILES string of the molecule is CC(C)(C)S(=O)Cc1cccc(NC(=O)C2CCCN(C(=O)c3cccs3)C2)c1. The largest absolute Gasteiger partial charge is 0.337 e. The lowest BCUT2D eigenvalue weighted by Crippen LogP contribution is -2.43. The van der Waals surface area contributed by atoms with E-state index in [1.807, 2.05) is 62.5 Å². The van der Waals surface area contributed by atoms with E-state index in [0.29, 0.717) is 29.4 Å². The van der Waals surface area contributed by atoms with Gasteiger partial charge in [-0.1, -0.05) is 18.2 Å². The molecule has 2 atom stereocenters. The molecule has 7 heteroatoms. The molecule has 0 radical (unpaired) electrons. The number of benzene rings is 1. The van der Waals surface area contributed by atoms with Gasteiger partial charge in [0.25, 0.3) is 5.91 Å². The van der Waals surface area contributed by atoms with E-state index in [2.05, 4.69) is 5.32 Å². The zero-order valence-corrected chi connectivity index (χ0v) is 18.8. The van der Waals surface area contributed by atoms with Crippen LogP contribution in [-0.4, -0.2) is 38.8 Å². The molecule has 156 valence electrons. The van der Waals surface area contributed by atoms with Crippen molar-refractivity contribution >= 4 is 39.6 Å². The van der Waals surface area contributed by atoms with Gasteiger partial charge < -0.3 is 10.2 Å². The van der Waals surface area contributed by atoms with Crippen LogP contribution in [0.5, 0.6) is 0 Å². The number of carbonyl (C=O) groups is 2. The van der Waals surface area contributed by atoms with Gasteiger partial charge in [-0.3, -0.25) is 13.8 Å². The van der Waals surface area contributed by atoms with Crippen molar-refractivity contribution in [3.05, 3.63) is 52.2 Å². The van der Waals surface area contributed by atoms with Crippen LogP contribution in [0.3, 0.4) is 0 Å². The summed E-state index contributed by atoms with van der Waals surface area (Å²) in [5, 5.41) is 4.87. The Labute approximate surface area is 179 Å². The molecular weight excluding hydrogens is 404 g/mol. The van der Waals surface area contributed by atoms with Crippen LogP contribution in [0.15, 0.2) is 41.8 Å². The van der Waals surface area contributed by atoms with Crippen LogP contribution in [0.1, 0.15) is 48.8 Å². The normalized spacial score (nSPS) is 18.3. The summed E-state index contributed by atoms with van der Waals surface area (Å²) in [6.45, 7) is 7.01. The van der Waals surface area contributed by atoms with Gasteiger partial charge >= 0.3 is 0 Å². The summed E-state index contributed by atoms with van der Waals surface area (Å²) in [5.41, 5.74) is 1.65. The van der Waals surface area contributed by atoms with E-state index in [9.17, 15) is 13.8 Å². The fourth-order valence-electron chi connectivity index (χ4n) is 3.28. The molecule has 0 saturated carbocycles. The van der Waals surface area contributed by atoms with E-state index >= 15 is 0 Å². The van der Waals surface area contributed by atoms with Gasteiger partial charge in [0.2, 0.25) is 5.91 Å². The fourth-order valence-corrected chi connectivity index (χ4v) is 4.89. The first-order valence-corrected chi connectivity index (χ1v) is 12.0. The molecule has 5 nitrogen and oxygen atoms in total. The van der Waals surface area contributed by atoms with E-state index in [1.165, 1.54) is 11.3 Å². The molecule has 3 rings (SSSR count). The maximum absolute atomic E-state index is 12.8. The van der Waals surface area contributed by atoms with E-state index in [4.69, 9.17) is 0 Å². The Kier molecular flexibility index (Phi) is 6.90. The van der Waals surface area contributed by atoms with Crippen LogP contribution < -0.4 is 5.32 Å². The molecule has 2 heterocycles. The number of hydrogen-bond acceptors (Lipinski definition) is 4. The van der Waals surface area contributed by atoms with Crippen molar-refractivity contribution in [1.82, 2.24) is 4.90 Å². The lowest BCUT2D eigenvalue weighted by atomic mass is 9.96. The first-order chi connectivity index (χ1) is 13.7. The summed E-state index contributed by atoms with van der Waals surface area (Å²) in [5.74, 6) is 0.173. The lowest BCUT2D eigenvalue weighted by molar-refractivity contribution is -0.121. The predicted octanol–water partition coefficient (Wildman–Crippen LogP) is 4.29. The van der Waals surface area contributed by atoms with Crippen molar-refractivity contribution in [2.75, 3.05) is 18.4 Å². The average Bonchev–Trinajstić information content (AvgIpc) is 3.22. The van der Waals surface area contributed by atoms with Crippen molar-refractivity contribution < 1.29 is 13.8 Å². The summed E-state index contributed by atoms with van der Waals surface area (Å²) in [7, 11) is -0.994. The van der Waals surface area contributed by atoms with Crippen LogP contribution in [0.2, 0.25) is 0 Å². The van der Waals surface area contributed by atoms with Crippen LogP contribution in [0, 0.1) is 5.92 Å². The molecule has 0 spiro atoms. The van der Waals surface area contributed by atoms with Gasteiger partial charge in [0.1, 0.15) is 0 Å². The molecule has 0 bridgehead atoms. The molecule has 1 aliphatic heterocycles. The van der Waals surface area contributed by atoms with E-state index in [0.717, 1.165) is 18.4 Å². The number of amides is 2. The Morgan fingerprint density at radius 3 is 2.72 bits per heavy atom. The fraction of sp³-hybridized carbons (Fsp3) is 0.455. The van der Waals surface area contributed by atoms with Crippen LogP contribution >= 0.6 is 11.3 Å². The Hall–Kier alpha value is -1.99. The third kappa shape index (κ3) is 5.76. The van der Waals surface area contributed by atoms with Gasteiger partial charge in [-0.2, -0.15) is 0 Å². The number of likely N-dealkylation sites (tertiary alicyclic amines) is 1. The summed E-state index contributed by atoms with van der Waals surface area (Å²) in [6.07, 6.45) is 1.59. The summed E-state index contributed by atoms with van der Waals surface area (Å²) in [4.78, 5) is 27.9. The second kappa shape index (κ2) is 9.22. The van der Waals surface area contributed by atoms with Crippen LogP contribution in [0.4, 0.5) is 5.69 Å². The highest BCUT2D eigenvalue weighted by Crippen LogP contribution is 2.23.